The molecule has 34 heavy (non-hydrogen) atoms. The van der Waals surface area contributed by atoms with Crippen molar-refractivity contribution in [3.05, 3.63) is 59.3 Å². The number of amides is 2. The summed E-state index contributed by atoms with van der Waals surface area (Å²) >= 11 is 0. The minimum absolute atomic E-state index is 0.152. The van der Waals surface area contributed by atoms with E-state index in [0.29, 0.717) is 35.9 Å². The number of carbonyl (C=O) groups excluding carboxylic acids is 2. The van der Waals surface area contributed by atoms with Crippen LogP contribution in [0.25, 0.3) is 16.9 Å². The highest BCUT2D eigenvalue weighted by Gasteiger charge is 2.26. The van der Waals surface area contributed by atoms with Crippen LogP contribution in [-0.4, -0.2) is 48.4 Å². The molecule has 2 aromatic carbocycles. The predicted octanol–water partition coefficient (Wildman–Crippen LogP) is 3.57. The largest absolute Gasteiger partial charge is 0.497 e. The van der Waals surface area contributed by atoms with Crippen molar-refractivity contribution in [3.8, 4) is 28.4 Å². The fourth-order valence-electron chi connectivity index (χ4n) is 4.13. The van der Waals surface area contributed by atoms with Crippen LogP contribution < -0.4 is 20.1 Å². The number of benzene rings is 2. The number of carbonyl (C=O) groups is 2. The quantitative estimate of drug-likeness (QED) is 0.584. The van der Waals surface area contributed by atoms with Crippen molar-refractivity contribution in [1.29, 1.82) is 0 Å². The molecule has 0 saturated carbocycles. The van der Waals surface area contributed by atoms with Crippen LogP contribution in [0.1, 0.15) is 40.9 Å². The van der Waals surface area contributed by atoms with Gasteiger partial charge >= 0.3 is 0 Å². The number of hydrogen-bond donors (Lipinski definition) is 2. The molecular weight excluding hydrogens is 432 g/mol. The van der Waals surface area contributed by atoms with E-state index in [2.05, 4.69) is 10.6 Å². The number of hydrogen-bond acceptors (Lipinski definition) is 5. The maximum Gasteiger partial charge on any atom is 0.270 e. The average molecular weight is 463 g/mol. The van der Waals surface area contributed by atoms with Crippen LogP contribution in [-0.2, 0) is 4.79 Å². The molecule has 8 nitrogen and oxygen atoms in total. The first kappa shape index (κ1) is 23.4. The molecule has 8 heteroatoms. The SMILES string of the molecule is COc1ccc(-c2cc(C(=O)NC3CCCCNC3=O)n(-c3cc(C)ccc3C)n2)c(OC)c1. The third-order valence-electron chi connectivity index (χ3n) is 6.06. The van der Waals surface area contributed by atoms with Crippen LogP contribution in [0.15, 0.2) is 42.5 Å². The minimum Gasteiger partial charge on any atom is -0.497 e. The van der Waals surface area contributed by atoms with E-state index < -0.39 is 6.04 Å². The van der Waals surface area contributed by atoms with Gasteiger partial charge in [-0.15, -0.1) is 0 Å². The molecule has 1 saturated heterocycles. The lowest BCUT2D eigenvalue weighted by molar-refractivity contribution is -0.122. The van der Waals surface area contributed by atoms with Crippen LogP contribution >= 0.6 is 0 Å². The molecule has 2 heterocycles. The number of aromatic nitrogens is 2. The average Bonchev–Trinajstić information content (AvgIpc) is 3.19. The Morgan fingerprint density at radius 3 is 2.68 bits per heavy atom. The van der Waals surface area contributed by atoms with Gasteiger partial charge in [0.25, 0.3) is 5.91 Å². The molecule has 4 rings (SSSR count). The summed E-state index contributed by atoms with van der Waals surface area (Å²) in [6, 6.07) is 12.6. The van der Waals surface area contributed by atoms with Crippen molar-refractivity contribution in [2.75, 3.05) is 20.8 Å². The summed E-state index contributed by atoms with van der Waals surface area (Å²) in [7, 11) is 3.17. The topological polar surface area (TPSA) is 94.5 Å². The van der Waals surface area contributed by atoms with E-state index in [4.69, 9.17) is 14.6 Å². The lowest BCUT2D eigenvalue weighted by Gasteiger charge is -2.16. The first-order valence-electron chi connectivity index (χ1n) is 11.4. The summed E-state index contributed by atoms with van der Waals surface area (Å²) in [6.07, 6.45) is 2.38. The number of nitrogens with zero attached hydrogens (tertiary/aromatic N) is 2. The summed E-state index contributed by atoms with van der Waals surface area (Å²) in [6.45, 7) is 4.60. The molecule has 0 spiro atoms. The van der Waals surface area contributed by atoms with Crippen LogP contribution in [0.3, 0.4) is 0 Å². The highest BCUT2D eigenvalue weighted by atomic mass is 16.5. The lowest BCUT2D eigenvalue weighted by Crippen LogP contribution is -2.45. The van der Waals surface area contributed by atoms with Gasteiger partial charge in [0.1, 0.15) is 23.2 Å². The Balaban J connectivity index is 1.80. The molecule has 1 aliphatic heterocycles. The molecule has 1 aliphatic rings. The lowest BCUT2D eigenvalue weighted by atomic mass is 10.1. The Morgan fingerprint density at radius 2 is 1.91 bits per heavy atom. The highest BCUT2D eigenvalue weighted by Crippen LogP contribution is 2.34. The summed E-state index contributed by atoms with van der Waals surface area (Å²) in [5.74, 6) is 0.738. The van der Waals surface area contributed by atoms with E-state index in [1.807, 2.05) is 44.2 Å². The molecule has 1 fully saturated rings. The first-order chi connectivity index (χ1) is 16.4. The van der Waals surface area contributed by atoms with E-state index >= 15 is 0 Å². The molecule has 0 aliphatic carbocycles. The summed E-state index contributed by atoms with van der Waals surface area (Å²) in [4.78, 5) is 25.9. The number of nitrogens with one attached hydrogen (secondary N) is 2. The smallest absolute Gasteiger partial charge is 0.270 e. The molecule has 0 bridgehead atoms. The van der Waals surface area contributed by atoms with Gasteiger partial charge in [-0.25, -0.2) is 4.68 Å². The van der Waals surface area contributed by atoms with Crippen LogP contribution in [0.2, 0.25) is 0 Å². The second kappa shape index (κ2) is 9.99. The van der Waals surface area contributed by atoms with E-state index in [-0.39, 0.29) is 11.8 Å². The van der Waals surface area contributed by atoms with Crippen LogP contribution in [0.4, 0.5) is 0 Å². The fraction of sp³-hybridized carbons (Fsp3) is 0.346. The molecule has 1 aromatic heterocycles. The van der Waals surface area contributed by atoms with Gasteiger partial charge in [-0.05, 0) is 68.5 Å². The molecule has 1 atom stereocenters. The van der Waals surface area contributed by atoms with Gasteiger partial charge in [-0.1, -0.05) is 12.1 Å². The Labute approximate surface area is 199 Å². The summed E-state index contributed by atoms with van der Waals surface area (Å²) in [5.41, 5.74) is 4.48. The maximum atomic E-state index is 13.5. The van der Waals surface area contributed by atoms with Crippen molar-refractivity contribution in [1.82, 2.24) is 20.4 Å². The zero-order valence-corrected chi connectivity index (χ0v) is 20.0. The summed E-state index contributed by atoms with van der Waals surface area (Å²) < 4.78 is 12.5. The minimum atomic E-state index is -0.573. The zero-order valence-electron chi connectivity index (χ0n) is 20.0. The Bertz CT molecular complexity index is 1220. The van der Waals surface area contributed by atoms with Gasteiger partial charge in [-0.3, -0.25) is 9.59 Å². The van der Waals surface area contributed by atoms with E-state index in [0.717, 1.165) is 35.2 Å². The molecule has 3 aromatic rings. The number of aryl methyl sites for hydroxylation is 2. The number of ether oxygens (including phenoxy) is 2. The van der Waals surface area contributed by atoms with Crippen molar-refractivity contribution in [3.63, 3.8) is 0 Å². The monoisotopic (exact) mass is 462 g/mol. The van der Waals surface area contributed by atoms with Crippen LogP contribution in [0.5, 0.6) is 11.5 Å². The van der Waals surface area contributed by atoms with Gasteiger partial charge in [-0.2, -0.15) is 5.10 Å². The first-order valence-corrected chi connectivity index (χ1v) is 11.4. The second-order valence-electron chi connectivity index (χ2n) is 8.50. The van der Waals surface area contributed by atoms with E-state index in [1.54, 1.807) is 31.0 Å². The number of rotatable bonds is 6. The highest BCUT2D eigenvalue weighted by molar-refractivity contribution is 5.98. The van der Waals surface area contributed by atoms with Gasteiger partial charge in [0.2, 0.25) is 5.91 Å². The standard InChI is InChI=1S/C26H30N4O4/c1-16-8-9-17(2)22(13-16)30-23(26(32)28-20-7-5-6-12-27-25(20)31)15-21(29-30)19-11-10-18(33-3)14-24(19)34-4/h8-11,13-15,20H,5-7,12H2,1-4H3,(H,27,31)(H,28,32). The Hall–Kier alpha value is -3.81. The Morgan fingerprint density at radius 1 is 1.09 bits per heavy atom. The Kier molecular flexibility index (Phi) is 6.86. The van der Waals surface area contributed by atoms with Crippen molar-refractivity contribution in [2.24, 2.45) is 0 Å². The molecular formula is C26H30N4O4. The third kappa shape index (κ3) is 4.76. The van der Waals surface area contributed by atoms with Gasteiger partial charge in [0.05, 0.1) is 25.6 Å². The molecule has 2 N–H and O–H groups in total. The van der Waals surface area contributed by atoms with Crippen molar-refractivity contribution < 1.29 is 19.1 Å². The van der Waals surface area contributed by atoms with Gasteiger partial charge in [0, 0.05) is 18.2 Å². The van der Waals surface area contributed by atoms with E-state index in [1.165, 1.54) is 0 Å². The molecule has 0 radical (unpaired) electrons. The fourth-order valence-corrected chi connectivity index (χ4v) is 4.13. The number of methoxy groups -OCH3 is 2. The van der Waals surface area contributed by atoms with Crippen molar-refractivity contribution in [2.45, 2.75) is 39.2 Å². The molecule has 178 valence electrons. The molecule has 2 amide bonds. The second-order valence-corrected chi connectivity index (χ2v) is 8.50. The summed E-state index contributed by atoms with van der Waals surface area (Å²) in [5, 5.41) is 10.6. The van der Waals surface area contributed by atoms with Crippen LogP contribution in [0, 0.1) is 13.8 Å². The zero-order chi connectivity index (χ0) is 24.2. The van der Waals surface area contributed by atoms with Gasteiger partial charge in [0.15, 0.2) is 0 Å². The molecule has 1 unspecified atom stereocenters. The normalized spacial score (nSPS) is 15.9. The predicted molar refractivity (Wildman–Crippen MR) is 130 cm³/mol. The van der Waals surface area contributed by atoms with Gasteiger partial charge < -0.3 is 20.1 Å². The van der Waals surface area contributed by atoms with E-state index in [9.17, 15) is 9.59 Å². The maximum absolute atomic E-state index is 13.5. The third-order valence-corrected chi connectivity index (χ3v) is 6.06. The van der Waals surface area contributed by atoms with Crippen molar-refractivity contribution >= 4 is 11.8 Å².